The van der Waals surface area contributed by atoms with Crippen LogP contribution in [0.3, 0.4) is 0 Å². The van der Waals surface area contributed by atoms with Crippen LogP contribution in [0.5, 0.6) is 5.75 Å². The molecule has 9 heteroatoms. The van der Waals surface area contributed by atoms with E-state index in [1.807, 2.05) is 30.3 Å². The summed E-state index contributed by atoms with van der Waals surface area (Å²) in [5.41, 5.74) is 3.62. The second-order valence-electron chi connectivity index (χ2n) is 9.18. The largest absolute Gasteiger partial charge is 0.497 e. The number of thiazole rings is 1. The Morgan fingerprint density at radius 2 is 1.85 bits per heavy atom. The van der Waals surface area contributed by atoms with E-state index in [2.05, 4.69) is 42.3 Å². The van der Waals surface area contributed by atoms with Gasteiger partial charge in [-0.15, -0.1) is 11.3 Å². The van der Waals surface area contributed by atoms with Crippen LogP contribution >= 0.6 is 11.3 Å². The van der Waals surface area contributed by atoms with Crippen LogP contribution < -0.4 is 14.8 Å². The number of methoxy groups -OCH3 is 1. The van der Waals surface area contributed by atoms with Crippen LogP contribution in [-0.2, 0) is 23.1 Å². The number of benzene rings is 2. The fourth-order valence-corrected chi connectivity index (χ4v) is 4.65. The molecule has 0 unspecified atom stereocenters. The molecule has 7 nitrogen and oxygen atoms in total. The molecule has 178 valence electrons. The molecule has 2 aromatic carbocycles. The molecular formula is C24H31N3O4S2. The topological polar surface area (TPSA) is 101 Å². The van der Waals surface area contributed by atoms with Crippen molar-refractivity contribution < 1.29 is 17.7 Å². The highest BCUT2D eigenvalue weighted by Crippen LogP contribution is 2.26. The van der Waals surface area contributed by atoms with E-state index in [9.17, 15) is 8.42 Å². The zero-order chi connectivity index (χ0) is 24.1. The van der Waals surface area contributed by atoms with Crippen molar-refractivity contribution in [1.82, 2.24) is 10.3 Å². The highest BCUT2D eigenvalue weighted by atomic mass is 32.2. The van der Waals surface area contributed by atoms with Crippen molar-refractivity contribution in [3.63, 3.8) is 0 Å². The van der Waals surface area contributed by atoms with Crippen molar-refractivity contribution >= 4 is 27.3 Å². The molecule has 0 fully saturated rings. The lowest BCUT2D eigenvalue weighted by molar-refractivity contribution is 0.351. The van der Waals surface area contributed by atoms with Gasteiger partial charge in [-0.3, -0.25) is 9.27 Å². The quantitative estimate of drug-likeness (QED) is 0.351. The van der Waals surface area contributed by atoms with Crippen LogP contribution in [0.1, 0.15) is 48.6 Å². The predicted octanol–water partition coefficient (Wildman–Crippen LogP) is 4.88. The Kier molecular flexibility index (Phi) is 8.12. The first kappa shape index (κ1) is 25.2. The van der Waals surface area contributed by atoms with Gasteiger partial charge in [0.2, 0.25) is 0 Å². The summed E-state index contributed by atoms with van der Waals surface area (Å²) >= 11 is 1.64. The molecule has 0 aliphatic heterocycles. The minimum absolute atomic E-state index is 0.0219. The molecule has 3 N–H and O–H groups in total. The molecule has 3 rings (SSSR count). The maximum atomic E-state index is 11.0. The summed E-state index contributed by atoms with van der Waals surface area (Å²) in [5, 5.41) is 6.76. The van der Waals surface area contributed by atoms with Gasteiger partial charge in [-0.1, -0.05) is 45.0 Å². The van der Waals surface area contributed by atoms with Crippen LogP contribution in [0.15, 0.2) is 53.9 Å². The van der Waals surface area contributed by atoms with Gasteiger partial charge in [0, 0.05) is 18.3 Å². The van der Waals surface area contributed by atoms with E-state index in [0.29, 0.717) is 12.1 Å². The maximum Gasteiger partial charge on any atom is 0.357 e. The van der Waals surface area contributed by atoms with Crippen LogP contribution in [0.25, 0.3) is 0 Å². The first-order chi connectivity index (χ1) is 15.5. The minimum atomic E-state index is -4.29. The molecule has 0 amide bonds. The first-order valence-electron chi connectivity index (χ1n) is 10.7. The Morgan fingerprint density at radius 3 is 2.48 bits per heavy atom. The summed E-state index contributed by atoms with van der Waals surface area (Å²) in [6, 6.07) is 15.0. The van der Waals surface area contributed by atoms with Gasteiger partial charge in [0.1, 0.15) is 10.8 Å². The number of aromatic nitrogens is 1. The lowest BCUT2D eigenvalue weighted by atomic mass is 9.96. The van der Waals surface area contributed by atoms with Gasteiger partial charge in [0.15, 0.2) is 0 Å². The number of hydrogen-bond acceptors (Lipinski definition) is 6. The van der Waals surface area contributed by atoms with Gasteiger partial charge in [-0.05, 0) is 47.2 Å². The summed E-state index contributed by atoms with van der Waals surface area (Å²) < 4.78 is 38.4. The van der Waals surface area contributed by atoms with Gasteiger partial charge >= 0.3 is 10.3 Å². The Labute approximate surface area is 200 Å². The molecule has 0 saturated carbocycles. The number of anilines is 1. The Morgan fingerprint density at radius 1 is 1.12 bits per heavy atom. The Hall–Kier alpha value is -2.46. The molecule has 0 saturated heterocycles. The van der Waals surface area contributed by atoms with Crippen LogP contribution in [-0.4, -0.2) is 31.6 Å². The second kappa shape index (κ2) is 10.6. The van der Waals surface area contributed by atoms with E-state index < -0.39 is 10.3 Å². The zero-order valence-corrected chi connectivity index (χ0v) is 21.0. The van der Waals surface area contributed by atoms with E-state index in [0.717, 1.165) is 40.5 Å². The monoisotopic (exact) mass is 489 g/mol. The highest BCUT2D eigenvalue weighted by molar-refractivity contribution is 7.87. The van der Waals surface area contributed by atoms with Gasteiger partial charge < -0.3 is 10.1 Å². The lowest BCUT2D eigenvalue weighted by Gasteiger charge is -2.24. The third-order valence-electron chi connectivity index (χ3n) is 4.91. The molecule has 1 aromatic heterocycles. The summed E-state index contributed by atoms with van der Waals surface area (Å²) in [4.78, 5) is 4.91. The van der Waals surface area contributed by atoms with E-state index in [1.54, 1.807) is 30.6 Å². The molecule has 0 aliphatic rings. The van der Waals surface area contributed by atoms with Crippen molar-refractivity contribution in [1.29, 1.82) is 0 Å². The normalized spacial score (nSPS) is 13.0. The molecule has 0 bridgehead atoms. The molecule has 1 heterocycles. The standard InChI is InChI=1S/C24H31N3O4S2/c1-24(2,3)16-25-22(14-17-8-10-19(11-9-17)27-33(28,29)30)23-26-20(15-32-23)12-18-6-5-7-21(13-18)31-4/h5-11,13,15,22,25,27H,12,14,16H2,1-4H3,(H,28,29,30)/t22-/m0/s1. The molecule has 33 heavy (non-hydrogen) atoms. The van der Waals surface area contributed by atoms with E-state index >= 15 is 0 Å². The van der Waals surface area contributed by atoms with Crippen molar-refractivity contribution in [2.75, 3.05) is 18.4 Å². The third-order valence-corrected chi connectivity index (χ3v) is 6.41. The Balaban J connectivity index is 1.76. The summed E-state index contributed by atoms with van der Waals surface area (Å²) in [7, 11) is -2.62. The number of nitrogens with one attached hydrogen (secondary N) is 2. The average Bonchev–Trinajstić information content (AvgIpc) is 3.19. The van der Waals surface area contributed by atoms with Crippen molar-refractivity contribution in [2.24, 2.45) is 5.41 Å². The smallest absolute Gasteiger partial charge is 0.357 e. The molecule has 1 atom stereocenters. The van der Waals surface area contributed by atoms with Crippen LogP contribution in [0.2, 0.25) is 0 Å². The zero-order valence-electron chi connectivity index (χ0n) is 19.3. The number of hydrogen-bond donors (Lipinski definition) is 3. The molecule has 0 radical (unpaired) electrons. The molecule has 0 aliphatic carbocycles. The van der Waals surface area contributed by atoms with Gasteiger partial charge in [0.05, 0.1) is 24.5 Å². The van der Waals surface area contributed by atoms with Crippen LogP contribution in [0.4, 0.5) is 5.69 Å². The molecule has 3 aromatic rings. The lowest BCUT2D eigenvalue weighted by Crippen LogP contribution is -2.31. The number of nitrogens with zero attached hydrogens (tertiary/aromatic N) is 1. The molecule has 0 spiro atoms. The van der Waals surface area contributed by atoms with Gasteiger partial charge in [-0.2, -0.15) is 8.42 Å². The minimum Gasteiger partial charge on any atom is -0.497 e. The SMILES string of the molecule is COc1cccc(Cc2csc([C@H](Cc3ccc(NS(=O)(=O)O)cc3)NCC(C)(C)C)n2)c1. The average molecular weight is 490 g/mol. The molecular weight excluding hydrogens is 458 g/mol. The maximum absolute atomic E-state index is 11.0. The summed E-state index contributed by atoms with van der Waals surface area (Å²) in [6.07, 6.45) is 1.43. The first-order valence-corrected chi connectivity index (χ1v) is 13.0. The predicted molar refractivity (Wildman–Crippen MR) is 133 cm³/mol. The van der Waals surface area contributed by atoms with E-state index in [4.69, 9.17) is 14.3 Å². The Bertz CT molecular complexity index is 1150. The second-order valence-corrected chi connectivity index (χ2v) is 11.2. The fourth-order valence-electron chi connectivity index (χ4n) is 3.33. The van der Waals surface area contributed by atoms with Crippen molar-refractivity contribution in [2.45, 2.75) is 39.7 Å². The summed E-state index contributed by atoms with van der Waals surface area (Å²) in [5.74, 6) is 0.833. The van der Waals surface area contributed by atoms with Crippen molar-refractivity contribution in [3.8, 4) is 5.75 Å². The third kappa shape index (κ3) is 8.43. The van der Waals surface area contributed by atoms with Crippen LogP contribution in [0, 0.1) is 5.41 Å². The number of rotatable bonds is 10. The summed E-state index contributed by atoms with van der Waals surface area (Å²) in [6.45, 7) is 7.37. The van der Waals surface area contributed by atoms with E-state index in [-0.39, 0.29) is 11.5 Å². The van der Waals surface area contributed by atoms with Crippen molar-refractivity contribution in [3.05, 3.63) is 75.7 Å². The highest BCUT2D eigenvalue weighted by Gasteiger charge is 2.20. The van der Waals surface area contributed by atoms with Gasteiger partial charge in [-0.25, -0.2) is 4.98 Å². The fraction of sp³-hybridized carbons (Fsp3) is 0.375. The van der Waals surface area contributed by atoms with Gasteiger partial charge in [0.25, 0.3) is 0 Å². The van der Waals surface area contributed by atoms with E-state index in [1.165, 1.54) is 0 Å². The number of ether oxygens (including phenoxy) is 1.